The molecule has 0 aliphatic carbocycles. The number of anilines is 1. The van der Waals surface area contributed by atoms with Gasteiger partial charge in [-0.25, -0.2) is 0 Å². The topological polar surface area (TPSA) is 84.0 Å². The Morgan fingerprint density at radius 2 is 1.56 bits per heavy atom. The molecule has 0 radical (unpaired) electrons. The molecule has 1 atom stereocenters. The summed E-state index contributed by atoms with van der Waals surface area (Å²) in [7, 11) is 0. The van der Waals surface area contributed by atoms with Gasteiger partial charge in [-0.15, -0.1) is 10.2 Å². The number of hydrogen-bond donors (Lipinski definition) is 2. The number of rotatable bonds is 7. The first-order chi connectivity index (χ1) is 17.5. The number of carbonyl (C=O) groups excluding carboxylic acids is 2. The zero-order valence-corrected chi connectivity index (χ0v) is 21.4. The highest BCUT2D eigenvalue weighted by molar-refractivity contribution is 9.10. The first kappa shape index (κ1) is 23.8. The molecule has 8 heteroatoms. The van der Waals surface area contributed by atoms with Gasteiger partial charge in [-0.2, -0.15) is 0 Å². The van der Waals surface area contributed by atoms with E-state index >= 15 is 0 Å². The maximum Gasteiger partial charge on any atom is 0.251 e. The normalized spacial score (nSPS) is 11.7. The van der Waals surface area contributed by atoms with E-state index in [0.29, 0.717) is 22.1 Å². The standard InChI is InChI=1S/C28H21BrN4O2S/c29-23-14-12-20(13-15-23)27-32-33-28(36-27)31-26(35)24(16-18-6-2-1-3-7-18)30-25(34)22-11-10-19-8-4-5-9-21(19)17-22/h1-15,17,24H,16H2,(H,30,34)(H,31,33,35)/t24-/m0/s1. The molecule has 5 rings (SSSR count). The molecule has 0 aliphatic heterocycles. The Balaban J connectivity index is 1.35. The second-order valence-corrected chi connectivity index (χ2v) is 10.1. The molecule has 2 N–H and O–H groups in total. The Morgan fingerprint density at radius 1 is 0.833 bits per heavy atom. The largest absolute Gasteiger partial charge is 0.340 e. The van der Waals surface area contributed by atoms with Crippen LogP contribution < -0.4 is 10.6 Å². The van der Waals surface area contributed by atoms with Gasteiger partial charge in [-0.3, -0.25) is 14.9 Å². The van der Waals surface area contributed by atoms with Crippen LogP contribution in [0.25, 0.3) is 21.3 Å². The van der Waals surface area contributed by atoms with Crippen molar-refractivity contribution in [1.29, 1.82) is 0 Å². The second-order valence-electron chi connectivity index (χ2n) is 8.19. The molecule has 5 aromatic rings. The molecule has 0 bridgehead atoms. The molecular weight excluding hydrogens is 536 g/mol. The zero-order chi connectivity index (χ0) is 24.9. The number of fused-ring (bicyclic) bond motifs is 1. The lowest BCUT2D eigenvalue weighted by atomic mass is 10.0. The van der Waals surface area contributed by atoms with Crippen molar-refractivity contribution in [2.75, 3.05) is 5.32 Å². The minimum atomic E-state index is -0.800. The zero-order valence-electron chi connectivity index (χ0n) is 19.0. The smallest absolute Gasteiger partial charge is 0.251 e. The molecule has 1 aromatic heterocycles. The molecule has 0 aliphatic rings. The summed E-state index contributed by atoms with van der Waals surface area (Å²) in [6.45, 7) is 0. The second kappa shape index (κ2) is 10.8. The Kier molecular flexibility index (Phi) is 7.16. The molecule has 1 heterocycles. The van der Waals surface area contributed by atoms with Crippen molar-refractivity contribution in [2.45, 2.75) is 12.5 Å². The number of nitrogens with zero attached hydrogens (tertiary/aromatic N) is 2. The highest BCUT2D eigenvalue weighted by Gasteiger charge is 2.23. The Labute approximate surface area is 220 Å². The van der Waals surface area contributed by atoms with E-state index in [1.807, 2.05) is 91.0 Å². The summed E-state index contributed by atoms with van der Waals surface area (Å²) in [5.41, 5.74) is 2.33. The van der Waals surface area contributed by atoms with Crippen LogP contribution in [-0.4, -0.2) is 28.1 Å². The van der Waals surface area contributed by atoms with E-state index in [1.165, 1.54) is 11.3 Å². The molecule has 178 valence electrons. The van der Waals surface area contributed by atoms with Crippen LogP contribution in [0.3, 0.4) is 0 Å². The van der Waals surface area contributed by atoms with E-state index in [1.54, 1.807) is 6.07 Å². The summed E-state index contributed by atoms with van der Waals surface area (Å²) in [6, 6.07) is 29.8. The van der Waals surface area contributed by atoms with Gasteiger partial charge in [-0.05, 0) is 40.6 Å². The van der Waals surface area contributed by atoms with E-state index in [2.05, 4.69) is 36.8 Å². The fraction of sp³-hybridized carbons (Fsp3) is 0.0714. The van der Waals surface area contributed by atoms with Gasteiger partial charge in [0, 0.05) is 22.0 Å². The number of aromatic nitrogens is 2. The number of hydrogen-bond acceptors (Lipinski definition) is 5. The molecular formula is C28H21BrN4O2S. The van der Waals surface area contributed by atoms with Crippen LogP contribution in [0.4, 0.5) is 5.13 Å². The minimum absolute atomic E-state index is 0.315. The minimum Gasteiger partial charge on any atom is -0.340 e. The molecule has 0 spiro atoms. The highest BCUT2D eigenvalue weighted by atomic mass is 79.9. The molecule has 6 nitrogen and oxygen atoms in total. The highest BCUT2D eigenvalue weighted by Crippen LogP contribution is 2.27. The lowest BCUT2D eigenvalue weighted by Crippen LogP contribution is -2.45. The van der Waals surface area contributed by atoms with Crippen LogP contribution in [0.2, 0.25) is 0 Å². The maximum absolute atomic E-state index is 13.3. The quantitative estimate of drug-likeness (QED) is 0.253. The summed E-state index contributed by atoms with van der Waals surface area (Å²) in [5, 5.41) is 17.1. The van der Waals surface area contributed by atoms with Crippen molar-refractivity contribution in [3.63, 3.8) is 0 Å². The summed E-state index contributed by atoms with van der Waals surface area (Å²) < 4.78 is 0.968. The maximum atomic E-state index is 13.3. The lowest BCUT2D eigenvalue weighted by molar-refractivity contribution is -0.118. The van der Waals surface area contributed by atoms with E-state index in [-0.39, 0.29) is 11.8 Å². The van der Waals surface area contributed by atoms with Gasteiger partial charge in [0.25, 0.3) is 5.91 Å². The monoisotopic (exact) mass is 556 g/mol. The van der Waals surface area contributed by atoms with Crippen LogP contribution in [-0.2, 0) is 11.2 Å². The number of carbonyl (C=O) groups is 2. The predicted octanol–water partition coefficient (Wildman–Crippen LogP) is 6.10. The van der Waals surface area contributed by atoms with Crippen molar-refractivity contribution in [3.05, 3.63) is 113 Å². The first-order valence-corrected chi connectivity index (χ1v) is 12.9. The molecule has 36 heavy (non-hydrogen) atoms. The van der Waals surface area contributed by atoms with Gasteiger partial charge in [0.15, 0.2) is 0 Å². The fourth-order valence-corrected chi connectivity index (χ4v) is 4.82. The van der Waals surface area contributed by atoms with Gasteiger partial charge in [0.05, 0.1) is 0 Å². The number of benzene rings is 4. The van der Waals surface area contributed by atoms with Gasteiger partial charge < -0.3 is 5.32 Å². The van der Waals surface area contributed by atoms with Crippen molar-refractivity contribution in [1.82, 2.24) is 15.5 Å². The van der Waals surface area contributed by atoms with E-state index in [9.17, 15) is 9.59 Å². The third-order valence-electron chi connectivity index (χ3n) is 5.66. The van der Waals surface area contributed by atoms with Crippen LogP contribution in [0, 0.1) is 0 Å². The first-order valence-electron chi connectivity index (χ1n) is 11.3. The molecule has 0 unspecified atom stereocenters. The number of halogens is 1. The summed E-state index contributed by atoms with van der Waals surface area (Å²) in [5.74, 6) is -0.670. The Morgan fingerprint density at radius 3 is 2.33 bits per heavy atom. The third-order valence-corrected chi connectivity index (χ3v) is 7.08. The van der Waals surface area contributed by atoms with Crippen LogP contribution >= 0.6 is 27.3 Å². The lowest BCUT2D eigenvalue weighted by Gasteiger charge is -2.18. The van der Waals surface area contributed by atoms with Crippen LogP contribution in [0.5, 0.6) is 0 Å². The average Bonchev–Trinajstić information content (AvgIpc) is 3.37. The van der Waals surface area contributed by atoms with Crippen molar-refractivity contribution >= 4 is 55.0 Å². The fourth-order valence-electron chi connectivity index (χ4n) is 3.81. The summed E-state index contributed by atoms with van der Waals surface area (Å²) in [6.07, 6.45) is 0.338. The van der Waals surface area contributed by atoms with Gasteiger partial charge in [-0.1, -0.05) is 100 Å². The van der Waals surface area contributed by atoms with E-state index < -0.39 is 6.04 Å². The molecule has 2 amide bonds. The number of amides is 2. The Hall–Kier alpha value is -3.88. The SMILES string of the molecule is O=C(N[C@@H](Cc1ccccc1)C(=O)Nc1nnc(-c2ccc(Br)cc2)s1)c1ccc2ccccc2c1. The third kappa shape index (κ3) is 5.67. The predicted molar refractivity (Wildman–Crippen MR) is 147 cm³/mol. The van der Waals surface area contributed by atoms with Gasteiger partial charge in [0.2, 0.25) is 11.0 Å². The van der Waals surface area contributed by atoms with Crippen LogP contribution in [0.15, 0.2) is 102 Å². The van der Waals surface area contributed by atoms with Gasteiger partial charge in [0.1, 0.15) is 11.0 Å². The van der Waals surface area contributed by atoms with Gasteiger partial charge >= 0.3 is 0 Å². The molecule has 0 saturated heterocycles. The summed E-state index contributed by atoms with van der Waals surface area (Å²) in [4.78, 5) is 26.4. The molecule has 0 saturated carbocycles. The summed E-state index contributed by atoms with van der Waals surface area (Å²) >= 11 is 4.70. The van der Waals surface area contributed by atoms with Crippen molar-refractivity contribution in [3.8, 4) is 10.6 Å². The van der Waals surface area contributed by atoms with E-state index in [4.69, 9.17) is 0 Å². The molecule has 0 fully saturated rings. The Bertz CT molecular complexity index is 1520. The van der Waals surface area contributed by atoms with Crippen LogP contribution in [0.1, 0.15) is 15.9 Å². The van der Waals surface area contributed by atoms with E-state index in [0.717, 1.165) is 26.4 Å². The van der Waals surface area contributed by atoms with Crippen molar-refractivity contribution in [2.24, 2.45) is 0 Å². The molecule has 4 aromatic carbocycles. The number of nitrogens with one attached hydrogen (secondary N) is 2. The average molecular weight is 557 g/mol. The van der Waals surface area contributed by atoms with Crippen molar-refractivity contribution < 1.29 is 9.59 Å².